The Balaban J connectivity index is 2.01. The van der Waals surface area contributed by atoms with Crippen LogP contribution in [0.4, 0.5) is 0 Å². The maximum absolute atomic E-state index is 11.3. The molecule has 2 aromatic heterocycles. The molecule has 1 N–H and O–H groups in total. The average molecular weight is 229 g/mol. The summed E-state index contributed by atoms with van der Waals surface area (Å²) in [6.07, 6.45) is 2.78. The van der Waals surface area contributed by atoms with Crippen LogP contribution in [0.3, 0.4) is 0 Å². The first-order valence-corrected chi connectivity index (χ1v) is 4.80. The van der Waals surface area contributed by atoms with Gasteiger partial charge >= 0.3 is 5.69 Å². The molecule has 0 fully saturated rings. The molecule has 1 aromatic carbocycles. The van der Waals surface area contributed by atoms with Gasteiger partial charge in [-0.15, -0.1) is 15.0 Å². The second kappa shape index (κ2) is 3.67. The molecule has 0 spiro atoms. The molecular weight excluding hydrogens is 222 g/mol. The fourth-order valence-electron chi connectivity index (χ4n) is 1.46. The highest BCUT2D eigenvalue weighted by molar-refractivity contribution is 5.39. The van der Waals surface area contributed by atoms with Gasteiger partial charge in [0, 0.05) is 0 Å². The summed E-state index contributed by atoms with van der Waals surface area (Å²) in [7, 11) is 0. The number of H-pyrrole nitrogens is 1. The maximum Gasteiger partial charge on any atom is 0.347 e. The molecule has 0 aliphatic carbocycles. The van der Waals surface area contributed by atoms with Crippen LogP contribution in [0.25, 0.3) is 11.4 Å². The molecule has 0 bridgehead atoms. The quantitative estimate of drug-likeness (QED) is 0.641. The second-order valence-electron chi connectivity index (χ2n) is 3.27. The van der Waals surface area contributed by atoms with Crippen molar-refractivity contribution in [1.82, 2.24) is 35.0 Å². The van der Waals surface area contributed by atoms with Crippen LogP contribution >= 0.6 is 0 Å². The van der Waals surface area contributed by atoms with Crippen molar-refractivity contribution in [2.45, 2.75) is 0 Å². The van der Waals surface area contributed by atoms with E-state index in [0.717, 1.165) is 5.69 Å². The number of benzene rings is 1. The lowest BCUT2D eigenvalue weighted by atomic mass is 10.3. The van der Waals surface area contributed by atoms with E-state index in [2.05, 4.69) is 25.6 Å². The minimum Gasteiger partial charge on any atom is -0.250 e. The van der Waals surface area contributed by atoms with Crippen molar-refractivity contribution >= 4 is 0 Å². The fourth-order valence-corrected chi connectivity index (χ4v) is 1.46. The van der Waals surface area contributed by atoms with E-state index >= 15 is 0 Å². The SMILES string of the molecule is O=c1[nH]ncn1-c1ccc(-n2ncnn2)cc1. The van der Waals surface area contributed by atoms with Crippen molar-refractivity contribution in [1.29, 1.82) is 0 Å². The Morgan fingerprint density at radius 3 is 2.47 bits per heavy atom. The molecule has 8 heteroatoms. The van der Waals surface area contributed by atoms with Gasteiger partial charge < -0.3 is 0 Å². The van der Waals surface area contributed by atoms with Gasteiger partial charge in [0.2, 0.25) is 0 Å². The number of rotatable bonds is 2. The summed E-state index contributed by atoms with van der Waals surface area (Å²) >= 11 is 0. The summed E-state index contributed by atoms with van der Waals surface area (Å²) in [6, 6.07) is 7.12. The standard InChI is InChI=1S/C9H7N7O/c17-9-13-11-6-15(9)7-1-3-8(4-2-7)16-12-5-10-14-16/h1-6H,(H,13,17). The van der Waals surface area contributed by atoms with Crippen LogP contribution in [-0.2, 0) is 0 Å². The van der Waals surface area contributed by atoms with Crippen LogP contribution in [0.2, 0.25) is 0 Å². The van der Waals surface area contributed by atoms with Gasteiger partial charge in [0.25, 0.3) is 0 Å². The lowest BCUT2D eigenvalue weighted by Gasteiger charge is -2.01. The average Bonchev–Trinajstić information content (AvgIpc) is 3.00. The smallest absolute Gasteiger partial charge is 0.250 e. The Kier molecular flexibility index (Phi) is 2.04. The van der Waals surface area contributed by atoms with E-state index in [9.17, 15) is 4.79 Å². The molecule has 0 saturated heterocycles. The third-order valence-corrected chi connectivity index (χ3v) is 2.26. The third-order valence-electron chi connectivity index (χ3n) is 2.26. The van der Waals surface area contributed by atoms with Gasteiger partial charge in [-0.3, -0.25) is 0 Å². The van der Waals surface area contributed by atoms with Crippen LogP contribution in [0.15, 0.2) is 41.7 Å². The highest BCUT2D eigenvalue weighted by Gasteiger charge is 2.02. The van der Waals surface area contributed by atoms with E-state index in [1.54, 1.807) is 24.3 Å². The summed E-state index contributed by atoms with van der Waals surface area (Å²) in [5.41, 5.74) is 1.20. The minimum absolute atomic E-state index is 0.281. The largest absolute Gasteiger partial charge is 0.347 e. The zero-order valence-electron chi connectivity index (χ0n) is 8.56. The molecule has 17 heavy (non-hydrogen) atoms. The molecule has 0 saturated carbocycles. The van der Waals surface area contributed by atoms with Crippen molar-refractivity contribution in [3.8, 4) is 11.4 Å². The predicted octanol–water partition coefficient (Wildman–Crippen LogP) is -0.464. The summed E-state index contributed by atoms with van der Waals surface area (Å²) in [6.45, 7) is 0. The first-order chi connectivity index (χ1) is 8.34. The van der Waals surface area contributed by atoms with E-state index < -0.39 is 0 Å². The number of hydrogen-bond acceptors (Lipinski definition) is 5. The zero-order chi connectivity index (χ0) is 11.7. The third kappa shape index (κ3) is 1.61. The second-order valence-corrected chi connectivity index (χ2v) is 3.27. The first-order valence-electron chi connectivity index (χ1n) is 4.80. The van der Waals surface area contributed by atoms with Crippen LogP contribution < -0.4 is 5.69 Å². The lowest BCUT2D eigenvalue weighted by Crippen LogP contribution is -2.14. The van der Waals surface area contributed by atoms with E-state index in [0.29, 0.717) is 5.69 Å². The molecular formula is C9H7N7O. The number of aromatic nitrogens is 7. The maximum atomic E-state index is 11.3. The Bertz CT molecular complexity index is 664. The van der Waals surface area contributed by atoms with Crippen LogP contribution in [0.1, 0.15) is 0 Å². The topological polar surface area (TPSA) is 94.3 Å². The van der Waals surface area contributed by atoms with E-state index in [1.807, 2.05) is 0 Å². The number of aromatic amines is 1. The lowest BCUT2D eigenvalue weighted by molar-refractivity contribution is 0.719. The molecule has 3 aromatic rings. The Hall–Kier alpha value is -2.77. The molecule has 0 aliphatic heterocycles. The Morgan fingerprint density at radius 2 is 1.88 bits per heavy atom. The minimum atomic E-state index is -0.281. The number of nitrogens with zero attached hydrogens (tertiary/aromatic N) is 6. The molecule has 0 unspecified atom stereocenters. The molecule has 0 amide bonds. The molecule has 84 valence electrons. The van der Waals surface area contributed by atoms with Gasteiger partial charge in [0.1, 0.15) is 6.33 Å². The summed E-state index contributed by atoms with van der Waals surface area (Å²) in [4.78, 5) is 12.7. The highest BCUT2D eigenvalue weighted by atomic mass is 16.1. The van der Waals surface area contributed by atoms with Crippen molar-refractivity contribution in [2.24, 2.45) is 0 Å². The van der Waals surface area contributed by atoms with Crippen LogP contribution in [0.5, 0.6) is 0 Å². The monoisotopic (exact) mass is 229 g/mol. The fraction of sp³-hybridized carbons (Fsp3) is 0. The number of hydrogen-bond donors (Lipinski definition) is 1. The predicted molar refractivity (Wildman–Crippen MR) is 56.9 cm³/mol. The molecule has 0 atom stereocenters. The first kappa shape index (κ1) is 9.46. The van der Waals surface area contributed by atoms with Gasteiger partial charge in [0.05, 0.1) is 11.4 Å². The van der Waals surface area contributed by atoms with Crippen LogP contribution in [-0.4, -0.2) is 35.0 Å². The molecule has 0 radical (unpaired) electrons. The van der Waals surface area contributed by atoms with Crippen molar-refractivity contribution in [3.63, 3.8) is 0 Å². The molecule has 3 rings (SSSR count). The molecule has 2 heterocycles. The van der Waals surface area contributed by atoms with Crippen molar-refractivity contribution in [2.75, 3.05) is 0 Å². The summed E-state index contributed by atoms with van der Waals surface area (Å²) in [5.74, 6) is 0. The zero-order valence-corrected chi connectivity index (χ0v) is 8.56. The van der Waals surface area contributed by atoms with Crippen molar-refractivity contribution in [3.05, 3.63) is 47.4 Å². The van der Waals surface area contributed by atoms with Gasteiger partial charge in [-0.2, -0.15) is 5.10 Å². The van der Waals surface area contributed by atoms with Crippen molar-refractivity contribution < 1.29 is 0 Å². The molecule has 0 aliphatic rings. The van der Waals surface area contributed by atoms with Crippen LogP contribution in [0, 0.1) is 0 Å². The van der Waals surface area contributed by atoms with Gasteiger partial charge in [-0.25, -0.2) is 14.5 Å². The normalized spacial score (nSPS) is 10.6. The summed E-state index contributed by atoms with van der Waals surface area (Å²) in [5, 5.41) is 17.3. The highest BCUT2D eigenvalue weighted by Crippen LogP contribution is 2.09. The molecule has 8 nitrogen and oxygen atoms in total. The van der Waals surface area contributed by atoms with E-state index in [1.165, 1.54) is 22.0 Å². The Morgan fingerprint density at radius 1 is 1.12 bits per heavy atom. The van der Waals surface area contributed by atoms with Gasteiger partial charge in [0.15, 0.2) is 6.33 Å². The van der Waals surface area contributed by atoms with E-state index in [-0.39, 0.29) is 5.69 Å². The number of tetrazole rings is 1. The summed E-state index contributed by atoms with van der Waals surface area (Å²) < 4.78 is 1.40. The van der Waals surface area contributed by atoms with Gasteiger partial charge in [-0.05, 0) is 29.5 Å². The van der Waals surface area contributed by atoms with E-state index in [4.69, 9.17) is 0 Å². The van der Waals surface area contributed by atoms with Gasteiger partial charge in [-0.1, -0.05) is 0 Å². The number of nitrogens with one attached hydrogen (secondary N) is 1. The Labute approximate surface area is 94.5 Å².